The molecule has 1 aliphatic rings. The van der Waals surface area contributed by atoms with Gasteiger partial charge in [0.15, 0.2) is 0 Å². The minimum Gasteiger partial charge on any atom is -0.399 e. The van der Waals surface area contributed by atoms with Gasteiger partial charge in [-0.3, -0.25) is 0 Å². The summed E-state index contributed by atoms with van der Waals surface area (Å²) >= 11 is 0. The summed E-state index contributed by atoms with van der Waals surface area (Å²) in [5, 5.41) is 2.35. The lowest BCUT2D eigenvalue weighted by molar-refractivity contribution is 0.00578. The van der Waals surface area contributed by atoms with E-state index in [9.17, 15) is 0 Å². The summed E-state index contributed by atoms with van der Waals surface area (Å²) in [5.41, 5.74) is 3.74. The van der Waals surface area contributed by atoms with Crippen LogP contribution in [-0.2, 0) is 9.31 Å². The van der Waals surface area contributed by atoms with E-state index in [1.165, 1.54) is 10.8 Å². The summed E-state index contributed by atoms with van der Waals surface area (Å²) in [6.07, 6.45) is 0. The van der Waals surface area contributed by atoms with Crippen LogP contribution >= 0.6 is 0 Å². The Kier molecular flexibility index (Phi) is 5.08. The van der Waals surface area contributed by atoms with Crippen LogP contribution in [0.15, 0.2) is 97.1 Å². The van der Waals surface area contributed by atoms with Crippen molar-refractivity contribution in [1.82, 2.24) is 0 Å². The highest BCUT2D eigenvalue weighted by atomic mass is 16.7. The zero-order chi connectivity index (χ0) is 22.3. The third kappa shape index (κ3) is 3.70. The molecule has 1 saturated heterocycles. The fourth-order valence-electron chi connectivity index (χ4n) is 4.12. The van der Waals surface area contributed by atoms with Gasteiger partial charge in [0.05, 0.1) is 11.2 Å². The van der Waals surface area contributed by atoms with Gasteiger partial charge in [0.1, 0.15) is 0 Å². The Morgan fingerprint density at radius 2 is 1.06 bits per heavy atom. The number of para-hydroxylation sites is 2. The predicted octanol–water partition coefficient (Wildman–Crippen LogP) is 6.61. The number of nitrogens with zero attached hydrogens (tertiary/aromatic N) is 1. The van der Waals surface area contributed by atoms with Crippen LogP contribution in [0.3, 0.4) is 0 Å². The molecule has 4 aromatic carbocycles. The largest absolute Gasteiger partial charge is 0.494 e. The van der Waals surface area contributed by atoms with Crippen LogP contribution in [0.25, 0.3) is 10.8 Å². The number of rotatable bonds is 4. The van der Waals surface area contributed by atoms with Gasteiger partial charge in [-0.15, -0.1) is 0 Å². The first-order chi connectivity index (χ1) is 15.3. The van der Waals surface area contributed by atoms with Crippen molar-refractivity contribution < 1.29 is 9.31 Å². The van der Waals surface area contributed by atoms with E-state index in [-0.39, 0.29) is 18.3 Å². The van der Waals surface area contributed by atoms with E-state index in [0.717, 1.165) is 22.5 Å². The lowest BCUT2D eigenvalue weighted by Crippen LogP contribution is -2.41. The van der Waals surface area contributed by atoms with Gasteiger partial charge in [0.25, 0.3) is 0 Å². The van der Waals surface area contributed by atoms with E-state index >= 15 is 0 Å². The number of benzene rings is 4. The van der Waals surface area contributed by atoms with E-state index in [1.807, 2.05) is 12.1 Å². The molecular formula is C28H28BNO2. The molecule has 0 unspecified atom stereocenters. The van der Waals surface area contributed by atoms with Crippen molar-refractivity contribution in [3.05, 3.63) is 97.1 Å². The Labute approximate surface area is 190 Å². The van der Waals surface area contributed by atoms with Gasteiger partial charge >= 0.3 is 7.12 Å². The Morgan fingerprint density at radius 3 is 1.62 bits per heavy atom. The highest BCUT2D eigenvalue weighted by Gasteiger charge is 2.51. The van der Waals surface area contributed by atoms with Crippen LogP contribution < -0.4 is 10.4 Å². The van der Waals surface area contributed by atoms with Crippen molar-refractivity contribution in [2.75, 3.05) is 4.90 Å². The Balaban J connectivity index is 1.53. The number of anilines is 3. The number of hydrogen-bond donors (Lipinski definition) is 0. The molecule has 32 heavy (non-hydrogen) atoms. The second kappa shape index (κ2) is 7.81. The van der Waals surface area contributed by atoms with E-state index in [0.29, 0.717) is 0 Å². The third-order valence-corrected chi connectivity index (χ3v) is 6.66. The average Bonchev–Trinajstić information content (AvgIpc) is 3.02. The fraction of sp³-hybridized carbons (Fsp3) is 0.214. The van der Waals surface area contributed by atoms with Crippen LogP contribution in [0.4, 0.5) is 17.1 Å². The molecule has 0 N–H and O–H groups in total. The summed E-state index contributed by atoms with van der Waals surface area (Å²) < 4.78 is 12.5. The normalized spacial score (nSPS) is 16.9. The van der Waals surface area contributed by atoms with Crippen molar-refractivity contribution in [3.8, 4) is 0 Å². The molecular weight excluding hydrogens is 393 g/mol. The third-order valence-electron chi connectivity index (χ3n) is 6.66. The first kappa shape index (κ1) is 20.8. The Hall–Kier alpha value is -3.08. The standard InChI is InChI=1S/C28H28BNO2/c1-27(2)28(3,4)32-29(31-27)23-17-15-22-20-26(18-16-21(22)19-23)30(24-11-7-5-8-12-24)25-13-9-6-10-14-25/h5-20H,1-4H3. The fourth-order valence-corrected chi connectivity index (χ4v) is 4.12. The first-order valence-electron chi connectivity index (χ1n) is 11.1. The van der Waals surface area contributed by atoms with Crippen LogP contribution in [0.2, 0.25) is 0 Å². The summed E-state index contributed by atoms with van der Waals surface area (Å²) in [7, 11) is -0.353. The molecule has 4 aromatic rings. The molecule has 1 heterocycles. The average molecular weight is 421 g/mol. The van der Waals surface area contributed by atoms with Gasteiger partial charge in [-0.2, -0.15) is 0 Å². The summed E-state index contributed by atoms with van der Waals surface area (Å²) in [6.45, 7) is 8.34. The van der Waals surface area contributed by atoms with Crippen molar-refractivity contribution >= 4 is 40.4 Å². The Bertz CT molecular complexity index is 1180. The smallest absolute Gasteiger partial charge is 0.399 e. The molecule has 4 heteroatoms. The van der Waals surface area contributed by atoms with Gasteiger partial charge < -0.3 is 14.2 Å². The van der Waals surface area contributed by atoms with Crippen LogP contribution in [0.5, 0.6) is 0 Å². The molecule has 1 fully saturated rings. The molecule has 0 bridgehead atoms. The summed E-state index contributed by atoms with van der Waals surface area (Å²) in [6, 6.07) is 34.0. The summed E-state index contributed by atoms with van der Waals surface area (Å²) in [4.78, 5) is 2.28. The van der Waals surface area contributed by atoms with Gasteiger partial charge in [-0.05, 0) is 80.3 Å². The van der Waals surface area contributed by atoms with Crippen molar-refractivity contribution in [2.45, 2.75) is 38.9 Å². The maximum atomic E-state index is 6.25. The second-order valence-electron chi connectivity index (χ2n) is 9.39. The van der Waals surface area contributed by atoms with Gasteiger partial charge in [-0.25, -0.2) is 0 Å². The van der Waals surface area contributed by atoms with Crippen molar-refractivity contribution in [1.29, 1.82) is 0 Å². The lowest BCUT2D eigenvalue weighted by Gasteiger charge is -2.32. The van der Waals surface area contributed by atoms with Gasteiger partial charge in [0.2, 0.25) is 0 Å². The van der Waals surface area contributed by atoms with Crippen molar-refractivity contribution in [2.24, 2.45) is 0 Å². The molecule has 0 aromatic heterocycles. The molecule has 0 saturated carbocycles. The highest BCUT2D eigenvalue weighted by molar-refractivity contribution is 6.62. The summed E-state index contributed by atoms with van der Waals surface area (Å²) in [5.74, 6) is 0. The minimum atomic E-state index is -0.353. The second-order valence-corrected chi connectivity index (χ2v) is 9.39. The topological polar surface area (TPSA) is 21.7 Å². The van der Waals surface area contributed by atoms with E-state index < -0.39 is 0 Å². The van der Waals surface area contributed by atoms with E-state index in [4.69, 9.17) is 9.31 Å². The molecule has 0 atom stereocenters. The molecule has 0 radical (unpaired) electrons. The van der Waals surface area contributed by atoms with Crippen LogP contribution in [-0.4, -0.2) is 18.3 Å². The zero-order valence-corrected chi connectivity index (χ0v) is 19.1. The Morgan fingerprint density at radius 1 is 0.562 bits per heavy atom. The van der Waals surface area contributed by atoms with Crippen LogP contribution in [0.1, 0.15) is 27.7 Å². The van der Waals surface area contributed by atoms with Gasteiger partial charge in [-0.1, -0.05) is 60.7 Å². The predicted molar refractivity (Wildman–Crippen MR) is 134 cm³/mol. The minimum absolute atomic E-state index is 0.345. The van der Waals surface area contributed by atoms with E-state index in [1.54, 1.807) is 0 Å². The maximum Gasteiger partial charge on any atom is 0.494 e. The molecule has 3 nitrogen and oxygen atoms in total. The van der Waals surface area contributed by atoms with Gasteiger partial charge in [0, 0.05) is 17.1 Å². The highest BCUT2D eigenvalue weighted by Crippen LogP contribution is 2.38. The van der Waals surface area contributed by atoms with Crippen LogP contribution in [0, 0.1) is 0 Å². The van der Waals surface area contributed by atoms with E-state index in [2.05, 4.69) is 118 Å². The zero-order valence-electron chi connectivity index (χ0n) is 19.1. The lowest BCUT2D eigenvalue weighted by atomic mass is 9.78. The molecule has 160 valence electrons. The molecule has 0 spiro atoms. The molecule has 5 rings (SSSR count). The monoisotopic (exact) mass is 421 g/mol. The number of hydrogen-bond acceptors (Lipinski definition) is 3. The molecule has 0 amide bonds. The van der Waals surface area contributed by atoms with Crippen molar-refractivity contribution in [3.63, 3.8) is 0 Å². The molecule has 0 aliphatic carbocycles. The molecule has 1 aliphatic heterocycles. The maximum absolute atomic E-state index is 6.25. The number of fused-ring (bicyclic) bond motifs is 1. The SMILES string of the molecule is CC1(C)OB(c2ccc3cc(N(c4ccccc4)c4ccccc4)ccc3c2)OC1(C)C. The quantitative estimate of drug-likeness (QED) is 0.346. The first-order valence-corrected chi connectivity index (χ1v) is 11.1.